The Morgan fingerprint density at radius 1 is 1.23 bits per heavy atom. The SMILES string of the molecule is Ic1cnn(CCn2cccn2)c1. The summed E-state index contributed by atoms with van der Waals surface area (Å²) in [5, 5.41) is 8.30. The van der Waals surface area contributed by atoms with Gasteiger partial charge in [-0.25, -0.2) is 0 Å². The second kappa shape index (κ2) is 3.91. The van der Waals surface area contributed by atoms with Crippen LogP contribution < -0.4 is 0 Å². The molecule has 0 N–H and O–H groups in total. The molecule has 0 spiro atoms. The fraction of sp³-hybridized carbons (Fsp3) is 0.250. The van der Waals surface area contributed by atoms with Crippen LogP contribution in [-0.2, 0) is 13.1 Å². The van der Waals surface area contributed by atoms with Crippen molar-refractivity contribution in [3.8, 4) is 0 Å². The van der Waals surface area contributed by atoms with Gasteiger partial charge in [0.15, 0.2) is 0 Å². The van der Waals surface area contributed by atoms with Crippen LogP contribution in [0.4, 0.5) is 0 Å². The molecule has 0 saturated carbocycles. The normalized spacial score (nSPS) is 10.5. The van der Waals surface area contributed by atoms with Gasteiger partial charge in [0.1, 0.15) is 0 Å². The zero-order valence-corrected chi connectivity index (χ0v) is 9.13. The summed E-state index contributed by atoms with van der Waals surface area (Å²) >= 11 is 2.25. The molecule has 2 aromatic heterocycles. The fourth-order valence-electron chi connectivity index (χ4n) is 1.10. The van der Waals surface area contributed by atoms with Crippen molar-refractivity contribution in [3.63, 3.8) is 0 Å². The Hall–Kier alpha value is -0.850. The third kappa shape index (κ3) is 2.30. The van der Waals surface area contributed by atoms with Crippen molar-refractivity contribution in [1.29, 1.82) is 0 Å². The summed E-state index contributed by atoms with van der Waals surface area (Å²) in [4.78, 5) is 0. The minimum absolute atomic E-state index is 0.866. The van der Waals surface area contributed by atoms with Gasteiger partial charge in [-0.2, -0.15) is 10.2 Å². The maximum atomic E-state index is 4.18. The lowest BCUT2D eigenvalue weighted by Crippen LogP contribution is -2.07. The number of aromatic nitrogens is 4. The fourth-order valence-corrected chi connectivity index (χ4v) is 1.54. The van der Waals surface area contributed by atoms with Crippen LogP contribution in [0.15, 0.2) is 30.9 Å². The van der Waals surface area contributed by atoms with Crippen molar-refractivity contribution in [2.75, 3.05) is 0 Å². The molecule has 4 nitrogen and oxygen atoms in total. The first-order valence-corrected chi connectivity index (χ1v) is 5.08. The zero-order chi connectivity index (χ0) is 9.10. The molecule has 0 bridgehead atoms. The number of hydrogen-bond donors (Lipinski definition) is 0. The number of halogens is 1. The third-order valence-corrected chi connectivity index (χ3v) is 2.28. The maximum absolute atomic E-state index is 4.18. The predicted molar refractivity (Wildman–Crippen MR) is 57.2 cm³/mol. The Morgan fingerprint density at radius 3 is 2.69 bits per heavy atom. The number of aryl methyl sites for hydroxylation is 2. The number of nitrogens with zero attached hydrogens (tertiary/aromatic N) is 4. The minimum Gasteiger partial charge on any atom is -0.271 e. The Bertz CT molecular complexity index is 365. The van der Waals surface area contributed by atoms with Gasteiger partial charge in [-0.1, -0.05) is 0 Å². The lowest BCUT2D eigenvalue weighted by Gasteiger charge is -2.00. The van der Waals surface area contributed by atoms with E-state index in [1.54, 1.807) is 6.20 Å². The molecular formula is C8H9IN4. The van der Waals surface area contributed by atoms with E-state index in [9.17, 15) is 0 Å². The van der Waals surface area contributed by atoms with Gasteiger partial charge in [0.05, 0.1) is 22.9 Å². The van der Waals surface area contributed by atoms with Gasteiger partial charge in [0, 0.05) is 18.6 Å². The molecule has 0 amide bonds. The summed E-state index contributed by atoms with van der Waals surface area (Å²) < 4.78 is 4.98. The van der Waals surface area contributed by atoms with E-state index in [4.69, 9.17) is 0 Å². The van der Waals surface area contributed by atoms with Crippen molar-refractivity contribution < 1.29 is 0 Å². The van der Waals surface area contributed by atoms with Gasteiger partial charge in [-0.15, -0.1) is 0 Å². The van der Waals surface area contributed by atoms with Crippen LogP contribution in [0, 0.1) is 3.57 Å². The van der Waals surface area contributed by atoms with E-state index in [0.717, 1.165) is 16.7 Å². The molecule has 0 fully saturated rings. The van der Waals surface area contributed by atoms with Crippen molar-refractivity contribution in [2.45, 2.75) is 13.1 Å². The van der Waals surface area contributed by atoms with Gasteiger partial charge in [-0.3, -0.25) is 9.36 Å². The highest BCUT2D eigenvalue weighted by atomic mass is 127. The Kier molecular flexibility index (Phi) is 2.62. The van der Waals surface area contributed by atoms with Crippen LogP contribution in [0.2, 0.25) is 0 Å². The molecule has 5 heteroatoms. The average molecular weight is 288 g/mol. The predicted octanol–water partition coefficient (Wildman–Crippen LogP) is 1.38. The molecule has 2 rings (SSSR count). The summed E-state index contributed by atoms with van der Waals surface area (Å²) in [6.07, 6.45) is 7.61. The van der Waals surface area contributed by atoms with Crippen LogP contribution in [0.1, 0.15) is 0 Å². The highest BCUT2D eigenvalue weighted by molar-refractivity contribution is 14.1. The molecule has 2 aromatic rings. The first-order valence-electron chi connectivity index (χ1n) is 4.00. The van der Waals surface area contributed by atoms with Gasteiger partial charge in [-0.05, 0) is 28.7 Å². The number of hydrogen-bond acceptors (Lipinski definition) is 2. The molecule has 0 saturated heterocycles. The van der Waals surface area contributed by atoms with E-state index < -0.39 is 0 Å². The van der Waals surface area contributed by atoms with Crippen LogP contribution >= 0.6 is 22.6 Å². The van der Waals surface area contributed by atoms with Crippen molar-refractivity contribution >= 4 is 22.6 Å². The molecule has 0 aromatic carbocycles. The quantitative estimate of drug-likeness (QED) is 0.800. The van der Waals surface area contributed by atoms with E-state index in [2.05, 4.69) is 32.8 Å². The molecule has 0 aliphatic heterocycles. The standard InChI is InChI=1S/C8H9IN4/c9-8-6-11-13(7-8)5-4-12-3-1-2-10-12/h1-3,6-7H,4-5H2. The van der Waals surface area contributed by atoms with Crippen LogP contribution in [-0.4, -0.2) is 19.6 Å². The van der Waals surface area contributed by atoms with Crippen molar-refractivity contribution in [3.05, 3.63) is 34.4 Å². The van der Waals surface area contributed by atoms with Gasteiger partial charge >= 0.3 is 0 Å². The first-order chi connectivity index (χ1) is 6.34. The molecule has 68 valence electrons. The molecule has 0 unspecified atom stereocenters. The Morgan fingerprint density at radius 2 is 2.08 bits per heavy atom. The van der Waals surface area contributed by atoms with Crippen LogP contribution in [0.5, 0.6) is 0 Å². The van der Waals surface area contributed by atoms with Gasteiger partial charge < -0.3 is 0 Å². The molecule has 0 aliphatic carbocycles. The first kappa shape index (κ1) is 8.74. The summed E-state index contributed by atoms with van der Waals surface area (Å²) in [5.74, 6) is 0. The molecular weight excluding hydrogens is 279 g/mol. The van der Waals surface area contributed by atoms with E-state index >= 15 is 0 Å². The lowest BCUT2D eigenvalue weighted by molar-refractivity contribution is 0.500. The summed E-state index contributed by atoms with van der Waals surface area (Å²) in [5.41, 5.74) is 0. The topological polar surface area (TPSA) is 35.6 Å². The van der Waals surface area contributed by atoms with E-state index in [1.165, 1.54) is 0 Å². The maximum Gasteiger partial charge on any atom is 0.0623 e. The van der Waals surface area contributed by atoms with Crippen molar-refractivity contribution in [2.24, 2.45) is 0 Å². The van der Waals surface area contributed by atoms with Crippen LogP contribution in [0.3, 0.4) is 0 Å². The summed E-state index contributed by atoms with van der Waals surface area (Å²) in [7, 11) is 0. The van der Waals surface area contributed by atoms with Gasteiger partial charge in [0.25, 0.3) is 0 Å². The van der Waals surface area contributed by atoms with Crippen molar-refractivity contribution in [1.82, 2.24) is 19.6 Å². The largest absolute Gasteiger partial charge is 0.271 e. The molecule has 0 aliphatic rings. The minimum atomic E-state index is 0.866. The molecule has 2 heterocycles. The number of rotatable bonds is 3. The van der Waals surface area contributed by atoms with E-state index in [-0.39, 0.29) is 0 Å². The second-order valence-electron chi connectivity index (χ2n) is 2.69. The van der Waals surface area contributed by atoms with E-state index in [1.807, 2.05) is 34.0 Å². The van der Waals surface area contributed by atoms with E-state index in [0.29, 0.717) is 0 Å². The van der Waals surface area contributed by atoms with Gasteiger partial charge in [0.2, 0.25) is 0 Å². The average Bonchev–Trinajstić information content (AvgIpc) is 2.71. The third-order valence-electron chi connectivity index (χ3n) is 1.72. The Balaban J connectivity index is 1.93. The molecule has 13 heavy (non-hydrogen) atoms. The molecule has 0 radical (unpaired) electrons. The summed E-state index contributed by atoms with van der Waals surface area (Å²) in [6.45, 7) is 1.73. The monoisotopic (exact) mass is 288 g/mol. The highest BCUT2D eigenvalue weighted by Gasteiger charge is 1.95. The lowest BCUT2D eigenvalue weighted by atomic mass is 10.6. The summed E-state index contributed by atoms with van der Waals surface area (Å²) in [6, 6.07) is 1.92. The smallest absolute Gasteiger partial charge is 0.0623 e. The second-order valence-corrected chi connectivity index (χ2v) is 3.94. The van der Waals surface area contributed by atoms with Crippen LogP contribution in [0.25, 0.3) is 0 Å². The Labute approximate surface area is 89.7 Å². The molecule has 0 atom stereocenters. The highest BCUT2D eigenvalue weighted by Crippen LogP contribution is 2.01. The zero-order valence-electron chi connectivity index (χ0n) is 6.97.